The first kappa shape index (κ1) is 18.8. The number of carbonyl (C=O) groups is 1. The maximum absolute atomic E-state index is 12.7. The Labute approximate surface area is 139 Å². The van der Waals surface area contributed by atoms with Crippen LogP contribution in [0.5, 0.6) is 0 Å². The van der Waals surface area contributed by atoms with Crippen LogP contribution < -0.4 is 5.32 Å². The van der Waals surface area contributed by atoms with Crippen molar-refractivity contribution in [2.75, 3.05) is 5.32 Å². The highest BCUT2D eigenvalue weighted by molar-refractivity contribution is 6.05. The molecule has 2 nitrogen and oxygen atoms in total. The molecule has 2 aromatic carbocycles. The van der Waals surface area contributed by atoms with Crippen molar-refractivity contribution >= 4 is 11.6 Å². The first-order chi connectivity index (χ1) is 11.5. The summed E-state index contributed by atoms with van der Waals surface area (Å²) in [5.41, 5.74) is 0.204. The molecule has 2 rings (SSSR count). The molecule has 0 unspecified atom stereocenters. The fourth-order valence-corrected chi connectivity index (χ4v) is 2.35. The molecule has 0 aliphatic rings. The molecule has 0 heterocycles. The minimum Gasteiger partial charge on any atom is -0.322 e. The highest BCUT2D eigenvalue weighted by Gasteiger charge is 2.57. The number of rotatable bonds is 3. The van der Waals surface area contributed by atoms with E-state index < -0.39 is 29.7 Å². The number of anilines is 1. The predicted molar refractivity (Wildman–Crippen MR) is 80.4 cm³/mol. The molecule has 1 amide bonds. The normalized spacial score (nSPS) is 12.3. The van der Waals surface area contributed by atoms with Crippen molar-refractivity contribution in [2.45, 2.75) is 25.2 Å². The summed E-state index contributed by atoms with van der Waals surface area (Å²) < 4.78 is 76.1. The average molecular weight is 361 g/mol. The second-order valence-electron chi connectivity index (χ2n) is 5.41. The maximum Gasteiger partial charge on any atom is 0.404 e. The van der Waals surface area contributed by atoms with Gasteiger partial charge in [-0.1, -0.05) is 30.3 Å². The van der Waals surface area contributed by atoms with Gasteiger partial charge in [-0.05, 0) is 36.2 Å². The van der Waals surface area contributed by atoms with Crippen LogP contribution in [0.4, 0.5) is 32.0 Å². The number of aryl methyl sites for hydroxylation is 1. The van der Waals surface area contributed by atoms with E-state index in [9.17, 15) is 31.1 Å². The molecule has 8 heteroatoms. The number of amides is 1. The van der Waals surface area contributed by atoms with E-state index >= 15 is 0 Å². The Kier molecular flexibility index (Phi) is 5.10. The molecule has 25 heavy (non-hydrogen) atoms. The summed E-state index contributed by atoms with van der Waals surface area (Å²) in [6.07, 6.45) is -10.9. The molecule has 0 aliphatic heterocycles. The zero-order valence-corrected chi connectivity index (χ0v) is 12.9. The summed E-state index contributed by atoms with van der Waals surface area (Å²) in [7, 11) is 0. The van der Waals surface area contributed by atoms with Gasteiger partial charge in [0, 0.05) is 11.3 Å². The second-order valence-corrected chi connectivity index (χ2v) is 5.41. The number of carbonyl (C=O) groups excluding carboxylic acids is 1. The fraction of sp³-hybridized carbons (Fsp3) is 0.235. The van der Waals surface area contributed by atoms with Gasteiger partial charge >= 0.3 is 12.4 Å². The second kappa shape index (κ2) is 6.78. The summed E-state index contributed by atoms with van der Waals surface area (Å²) in [6, 6.07) is 10.1. The Balaban J connectivity index is 2.22. The van der Waals surface area contributed by atoms with Crippen LogP contribution in [0, 0.1) is 6.92 Å². The van der Waals surface area contributed by atoms with Crippen LogP contribution in [-0.2, 0) is 0 Å². The summed E-state index contributed by atoms with van der Waals surface area (Å²) >= 11 is 0. The molecule has 0 saturated heterocycles. The molecule has 0 radical (unpaired) electrons. The first-order valence-electron chi connectivity index (χ1n) is 7.10. The van der Waals surface area contributed by atoms with Crippen LogP contribution in [0.3, 0.4) is 0 Å². The monoisotopic (exact) mass is 361 g/mol. The van der Waals surface area contributed by atoms with Gasteiger partial charge in [0.25, 0.3) is 5.91 Å². The molecule has 0 aromatic heterocycles. The zero-order valence-electron chi connectivity index (χ0n) is 12.9. The molecule has 0 bridgehead atoms. The predicted octanol–water partition coefficient (Wildman–Crippen LogP) is 5.46. The molecule has 0 aliphatic carbocycles. The van der Waals surface area contributed by atoms with Crippen molar-refractivity contribution in [1.82, 2.24) is 0 Å². The van der Waals surface area contributed by atoms with Crippen molar-refractivity contribution in [3.05, 3.63) is 65.2 Å². The SMILES string of the molecule is Cc1ccccc1C(=O)Nc1ccc(C(C(F)(F)F)C(F)(F)F)cc1. The van der Waals surface area contributed by atoms with Crippen molar-refractivity contribution in [3.8, 4) is 0 Å². The van der Waals surface area contributed by atoms with Crippen LogP contribution in [0.2, 0.25) is 0 Å². The fourth-order valence-electron chi connectivity index (χ4n) is 2.35. The molecule has 0 spiro atoms. The highest BCUT2D eigenvalue weighted by Crippen LogP contribution is 2.46. The lowest BCUT2D eigenvalue weighted by molar-refractivity contribution is -0.253. The number of nitrogens with one attached hydrogen (secondary N) is 1. The smallest absolute Gasteiger partial charge is 0.322 e. The molecule has 1 N–H and O–H groups in total. The van der Waals surface area contributed by atoms with Crippen molar-refractivity contribution in [1.29, 1.82) is 0 Å². The van der Waals surface area contributed by atoms with Crippen molar-refractivity contribution in [2.24, 2.45) is 0 Å². The molecule has 0 fully saturated rings. The van der Waals surface area contributed by atoms with E-state index in [0.717, 1.165) is 12.1 Å². The van der Waals surface area contributed by atoms with Crippen LogP contribution >= 0.6 is 0 Å². The lowest BCUT2D eigenvalue weighted by Crippen LogP contribution is -2.34. The number of alkyl halides is 6. The van der Waals surface area contributed by atoms with E-state index in [2.05, 4.69) is 5.32 Å². The summed E-state index contributed by atoms with van der Waals surface area (Å²) in [4.78, 5) is 12.1. The van der Waals surface area contributed by atoms with Gasteiger partial charge in [-0.15, -0.1) is 0 Å². The number of benzene rings is 2. The van der Waals surface area contributed by atoms with E-state index in [1.807, 2.05) is 0 Å². The zero-order chi connectivity index (χ0) is 18.8. The third-order valence-electron chi connectivity index (χ3n) is 3.55. The first-order valence-corrected chi connectivity index (χ1v) is 7.10. The molecule has 134 valence electrons. The van der Waals surface area contributed by atoms with E-state index in [4.69, 9.17) is 0 Å². The van der Waals surface area contributed by atoms with Gasteiger partial charge in [-0.2, -0.15) is 26.3 Å². The Morgan fingerprint density at radius 3 is 1.88 bits per heavy atom. The van der Waals surface area contributed by atoms with Crippen molar-refractivity contribution < 1.29 is 31.1 Å². The van der Waals surface area contributed by atoms with Gasteiger partial charge in [0.2, 0.25) is 0 Å². The van der Waals surface area contributed by atoms with Gasteiger partial charge in [0.05, 0.1) is 0 Å². The topological polar surface area (TPSA) is 29.1 Å². The van der Waals surface area contributed by atoms with Gasteiger partial charge < -0.3 is 5.32 Å². The molecule has 0 saturated carbocycles. The number of hydrogen-bond donors (Lipinski definition) is 1. The van der Waals surface area contributed by atoms with Gasteiger partial charge in [0.1, 0.15) is 0 Å². The summed E-state index contributed by atoms with van der Waals surface area (Å²) in [5.74, 6) is -4.07. The van der Waals surface area contributed by atoms with Gasteiger partial charge in [-0.3, -0.25) is 4.79 Å². The summed E-state index contributed by atoms with van der Waals surface area (Å²) in [5, 5.41) is 2.44. The Morgan fingerprint density at radius 1 is 0.880 bits per heavy atom. The van der Waals surface area contributed by atoms with Crippen LogP contribution in [0.15, 0.2) is 48.5 Å². The van der Waals surface area contributed by atoms with E-state index in [1.165, 1.54) is 0 Å². The third-order valence-corrected chi connectivity index (χ3v) is 3.55. The van der Waals surface area contributed by atoms with E-state index in [0.29, 0.717) is 23.3 Å². The number of halogens is 6. The molecule has 0 atom stereocenters. The Hall–Kier alpha value is -2.51. The minimum atomic E-state index is -5.45. The maximum atomic E-state index is 12.7. The average Bonchev–Trinajstić information content (AvgIpc) is 2.46. The highest BCUT2D eigenvalue weighted by atomic mass is 19.4. The quantitative estimate of drug-likeness (QED) is 0.723. The van der Waals surface area contributed by atoms with Gasteiger partial charge in [0.15, 0.2) is 5.92 Å². The standard InChI is InChI=1S/C17H13F6NO/c1-10-4-2-3-5-13(10)15(25)24-12-8-6-11(7-9-12)14(16(18,19)20)17(21,22)23/h2-9,14H,1H3,(H,24,25). The van der Waals surface area contributed by atoms with Crippen LogP contribution in [0.1, 0.15) is 27.4 Å². The third kappa shape index (κ3) is 4.52. The van der Waals surface area contributed by atoms with E-state index in [1.54, 1.807) is 31.2 Å². The Bertz CT molecular complexity index is 735. The molecular formula is C17H13F6NO. The van der Waals surface area contributed by atoms with Crippen molar-refractivity contribution in [3.63, 3.8) is 0 Å². The van der Waals surface area contributed by atoms with Crippen LogP contribution in [0.25, 0.3) is 0 Å². The van der Waals surface area contributed by atoms with Crippen LogP contribution in [-0.4, -0.2) is 18.3 Å². The largest absolute Gasteiger partial charge is 0.404 e. The summed E-state index contributed by atoms with van der Waals surface area (Å²) in [6.45, 7) is 1.70. The molecule has 2 aromatic rings. The minimum absolute atomic E-state index is 0.0973. The lowest BCUT2D eigenvalue weighted by atomic mass is 9.97. The lowest BCUT2D eigenvalue weighted by Gasteiger charge is -2.23. The van der Waals surface area contributed by atoms with Gasteiger partial charge in [-0.25, -0.2) is 0 Å². The Morgan fingerprint density at radius 2 is 1.40 bits per heavy atom. The van der Waals surface area contributed by atoms with E-state index in [-0.39, 0.29) is 5.69 Å². The number of hydrogen-bond acceptors (Lipinski definition) is 1. The molecular weight excluding hydrogens is 348 g/mol.